The minimum Gasteiger partial charge on any atom is -0.467 e. The highest BCUT2D eigenvalue weighted by Crippen LogP contribution is 2.27. The summed E-state index contributed by atoms with van der Waals surface area (Å²) in [4.78, 5) is 26.6. The summed E-state index contributed by atoms with van der Waals surface area (Å²) in [7, 11) is 1.33. The van der Waals surface area contributed by atoms with Gasteiger partial charge in [-0.15, -0.1) is 11.3 Å². The van der Waals surface area contributed by atoms with Gasteiger partial charge in [0.25, 0.3) is 5.91 Å². The third kappa shape index (κ3) is 2.56. The SMILES string of the molecule is COC(=O)C1CCCN1C(=O)c1cc(-c2cccs2)on1. The molecule has 0 N–H and O–H groups in total. The van der Waals surface area contributed by atoms with Crippen LogP contribution in [0.1, 0.15) is 23.3 Å². The van der Waals surface area contributed by atoms with Crippen LogP contribution in [0.5, 0.6) is 0 Å². The van der Waals surface area contributed by atoms with E-state index in [2.05, 4.69) is 5.16 Å². The van der Waals surface area contributed by atoms with Crippen molar-refractivity contribution in [3.05, 3.63) is 29.3 Å². The van der Waals surface area contributed by atoms with Gasteiger partial charge in [-0.05, 0) is 24.3 Å². The smallest absolute Gasteiger partial charge is 0.328 e. The number of esters is 1. The zero-order valence-electron chi connectivity index (χ0n) is 11.4. The van der Waals surface area contributed by atoms with Gasteiger partial charge in [0.2, 0.25) is 0 Å². The molecule has 0 spiro atoms. The molecule has 1 unspecified atom stereocenters. The summed E-state index contributed by atoms with van der Waals surface area (Å²) in [5.41, 5.74) is 0.217. The fourth-order valence-electron chi connectivity index (χ4n) is 2.45. The van der Waals surface area contributed by atoms with Crippen LogP contribution in [0.25, 0.3) is 10.6 Å². The number of likely N-dealkylation sites (tertiary alicyclic amines) is 1. The minimum absolute atomic E-state index is 0.217. The third-order valence-corrected chi connectivity index (χ3v) is 4.36. The van der Waals surface area contributed by atoms with Crippen LogP contribution in [-0.2, 0) is 9.53 Å². The van der Waals surface area contributed by atoms with Crippen LogP contribution >= 0.6 is 11.3 Å². The van der Waals surface area contributed by atoms with E-state index in [0.29, 0.717) is 18.7 Å². The maximum absolute atomic E-state index is 12.5. The summed E-state index contributed by atoms with van der Waals surface area (Å²) >= 11 is 1.51. The lowest BCUT2D eigenvalue weighted by Gasteiger charge is -2.21. The predicted molar refractivity (Wildman–Crippen MR) is 75.9 cm³/mol. The number of carbonyl (C=O) groups is 2. The van der Waals surface area contributed by atoms with Crippen LogP contribution in [0.15, 0.2) is 28.1 Å². The fraction of sp³-hybridized carbons (Fsp3) is 0.357. The molecule has 3 rings (SSSR count). The molecule has 1 amide bonds. The molecular weight excluding hydrogens is 292 g/mol. The summed E-state index contributed by atoms with van der Waals surface area (Å²) < 4.78 is 9.95. The van der Waals surface area contributed by atoms with Crippen molar-refractivity contribution in [1.82, 2.24) is 10.1 Å². The molecule has 0 saturated carbocycles. The molecule has 1 aliphatic rings. The van der Waals surface area contributed by atoms with Crippen LogP contribution < -0.4 is 0 Å². The van der Waals surface area contributed by atoms with Gasteiger partial charge in [-0.2, -0.15) is 0 Å². The molecule has 1 aliphatic heterocycles. The van der Waals surface area contributed by atoms with E-state index in [4.69, 9.17) is 9.26 Å². The summed E-state index contributed by atoms with van der Waals surface area (Å²) in [6, 6.07) is 4.88. The molecule has 110 valence electrons. The van der Waals surface area contributed by atoms with E-state index in [1.165, 1.54) is 23.3 Å². The van der Waals surface area contributed by atoms with Gasteiger partial charge in [-0.1, -0.05) is 11.2 Å². The number of carbonyl (C=O) groups excluding carboxylic acids is 2. The largest absolute Gasteiger partial charge is 0.467 e. The Hall–Kier alpha value is -2.15. The molecule has 3 heterocycles. The van der Waals surface area contributed by atoms with Crippen LogP contribution in [0.4, 0.5) is 0 Å². The Labute approximate surface area is 125 Å². The molecule has 0 aliphatic carbocycles. The molecule has 1 fully saturated rings. The second-order valence-corrected chi connectivity index (χ2v) is 5.68. The predicted octanol–water partition coefficient (Wildman–Crippen LogP) is 2.18. The van der Waals surface area contributed by atoms with Gasteiger partial charge in [0.15, 0.2) is 11.5 Å². The summed E-state index contributed by atoms with van der Waals surface area (Å²) in [6.45, 7) is 0.528. The molecule has 2 aromatic heterocycles. The summed E-state index contributed by atoms with van der Waals surface area (Å²) in [5, 5.41) is 5.75. The van der Waals surface area contributed by atoms with Crippen molar-refractivity contribution >= 4 is 23.2 Å². The highest BCUT2D eigenvalue weighted by Gasteiger charge is 2.36. The van der Waals surface area contributed by atoms with Gasteiger partial charge in [-0.3, -0.25) is 4.79 Å². The van der Waals surface area contributed by atoms with Gasteiger partial charge < -0.3 is 14.2 Å². The quantitative estimate of drug-likeness (QED) is 0.813. The van der Waals surface area contributed by atoms with Crippen LogP contribution in [0.2, 0.25) is 0 Å². The fourth-order valence-corrected chi connectivity index (χ4v) is 3.12. The van der Waals surface area contributed by atoms with Crippen molar-refractivity contribution in [2.24, 2.45) is 0 Å². The Balaban J connectivity index is 1.80. The Bertz CT molecular complexity index is 650. The normalized spacial score (nSPS) is 18.0. The number of hydrogen-bond acceptors (Lipinski definition) is 6. The van der Waals surface area contributed by atoms with Gasteiger partial charge >= 0.3 is 5.97 Å². The molecule has 2 aromatic rings. The standard InChI is InChI=1S/C14H14N2O4S/c1-19-14(18)10-4-2-6-16(10)13(17)9-8-11(20-15-9)12-5-3-7-21-12/h3,5,7-8,10H,2,4,6H2,1H3. The first-order valence-electron chi connectivity index (χ1n) is 6.60. The monoisotopic (exact) mass is 306 g/mol. The second kappa shape index (κ2) is 5.69. The number of amides is 1. The zero-order chi connectivity index (χ0) is 14.8. The highest BCUT2D eigenvalue weighted by molar-refractivity contribution is 7.13. The number of thiophene rings is 1. The molecule has 21 heavy (non-hydrogen) atoms. The Kier molecular flexibility index (Phi) is 3.74. The Morgan fingerprint density at radius 1 is 1.52 bits per heavy atom. The first-order valence-corrected chi connectivity index (χ1v) is 7.48. The molecule has 0 aromatic carbocycles. The molecule has 7 heteroatoms. The maximum atomic E-state index is 12.5. The van der Waals surface area contributed by atoms with Crippen molar-refractivity contribution in [2.75, 3.05) is 13.7 Å². The molecule has 6 nitrogen and oxygen atoms in total. The molecule has 0 radical (unpaired) electrons. The van der Waals surface area contributed by atoms with E-state index in [-0.39, 0.29) is 17.6 Å². The van der Waals surface area contributed by atoms with E-state index in [9.17, 15) is 9.59 Å². The van der Waals surface area contributed by atoms with Gasteiger partial charge in [-0.25, -0.2) is 4.79 Å². The number of ether oxygens (including phenoxy) is 1. The highest BCUT2D eigenvalue weighted by atomic mass is 32.1. The first kappa shape index (κ1) is 13.8. The number of hydrogen-bond donors (Lipinski definition) is 0. The zero-order valence-corrected chi connectivity index (χ0v) is 12.3. The molecular formula is C14H14N2O4S. The van der Waals surface area contributed by atoms with Crippen molar-refractivity contribution in [3.8, 4) is 10.6 Å². The number of nitrogens with zero attached hydrogens (tertiary/aromatic N) is 2. The molecule has 1 atom stereocenters. The Morgan fingerprint density at radius 3 is 3.10 bits per heavy atom. The van der Waals surface area contributed by atoms with E-state index in [1.54, 1.807) is 6.07 Å². The lowest BCUT2D eigenvalue weighted by Crippen LogP contribution is -2.41. The first-order chi connectivity index (χ1) is 10.2. The average molecular weight is 306 g/mol. The van der Waals surface area contributed by atoms with Crippen molar-refractivity contribution in [2.45, 2.75) is 18.9 Å². The summed E-state index contributed by atoms with van der Waals surface area (Å²) in [5.74, 6) is -0.126. The van der Waals surface area contributed by atoms with Gasteiger partial charge in [0.05, 0.1) is 12.0 Å². The van der Waals surface area contributed by atoms with Gasteiger partial charge in [0, 0.05) is 12.6 Å². The van der Waals surface area contributed by atoms with Crippen molar-refractivity contribution in [1.29, 1.82) is 0 Å². The van der Waals surface area contributed by atoms with E-state index in [1.807, 2.05) is 17.5 Å². The molecule has 1 saturated heterocycles. The average Bonchev–Trinajstić information content (AvgIpc) is 3.25. The third-order valence-electron chi connectivity index (χ3n) is 3.48. The van der Waals surface area contributed by atoms with Crippen molar-refractivity contribution < 1.29 is 18.8 Å². The Morgan fingerprint density at radius 2 is 2.38 bits per heavy atom. The van der Waals surface area contributed by atoms with E-state index >= 15 is 0 Å². The second-order valence-electron chi connectivity index (χ2n) is 4.73. The number of rotatable bonds is 3. The van der Waals surface area contributed by atoms with Crippen LogP contribution in [-0.4, -0.2) is 41.6 Å². The lowest BCUT2D eigenvalue weighted by molar-refractivity contribution is -0.145. The topological polar surface area (TPSA) is 72.6 Å². The van der Waals surface area contributed by atoms with E-state index < -0.39 is 6.04 Å². The number of methoxy groups -OCH3 is 1. The van der Waals surface area contributed by atoms with Crippen molar-refractivity contribution in [3.63, 3.8) is 0 Å². The maximum Gasteiger partial charge on any atom is 0.328 e. The van der Waals surface area contributed by atoms with Crippen LogP contribution in [0.3, 0.4) is 0 Å². The van der Waals surface area contributed by atoms with Gasteiger partial charge in [0.1, 0.15) is 6.04 Å². The van der Waals surface area contributed by atoms with Crippen LogP contribution in [0, 0.1) is 0 Å². The van der Waals surface area contributed by atoms with E-state index in [0.717, 1.165) is 11.3 Å². The summed E-state index contributed by atoms with van der Waals surface area (Å²) in [6.07, 6.45) is 1.40. The number of aromatic nitrogens is 1. The molecule has 0 bridgehead atoms. The minimum atomic E-state index is -0.524. The lowest BCUT2D eigenvalue weighted by atomic mass is 10.2.